The molecule has 0 unspecified atom stereocenters. The highest BCUT2D eigenvalue weighted by atomic mass is 16.5. The summed E-state index contributed by atoms with van der Waals surface area (Å²) in [4.78, 5) is 21.7. The van der Waals surface area contributed by atoms with Gasteiger partial charge in [0.05, 0.1) is 12.7 Å². The summed E-state index contributed by atoms with van der Waals surface area (Å²) in [7, 11) is 1.31. The third-order valence-corrected chi connectivity index (χ3v) is 2.09. The lowest BCUT2D eigenvalue weighted by Gasteiger charge is -2.02. The molecule has 1 aromatic carbocycles. The number of carbonyl (C=O) groups is 2. The maximum absolute atomic E-state index is 11.1. The van der Waals surface area contributed by atoms with Crippen LogP contribution >= 0.6 is 0 Å². The monoisotopic (exact) mass is 220 g/mol. The Morgan fingerprint density at radius 2 is 1.88 bits per heavy atom. The molecule has 0 aliphatic carbocycles. The highest BCUT2D eigenvalue weighted by Gasteiger charge is 2.07. The van der Waals surface area contributed by atoms with Crippen LogP contribution in [0.2, 0.25) is 0 Å². The summed E-state index contributed by atoms with van der Waals surface area (Å²) in [6.45, 7) is 3.43. The zero-order valence-electron chi connectivity index (χ0n) is 8.90. The Hall–Kier alpha value is -2.10. The van der Waals surface area contributed by atoms with Crippen molar-refractivity contribution in [2.24, 2.45) is 0 Å². The highest BCUT2D eigenvalue weighted by molar-refractivity contribution is 5.89. The van der Waals surface area contributed by atoms with Crippen molar-refractivity contribution in [1.82, 2.24) is 0 Å². The van der Waals surface area contributed by atoms with Gasteiger partial charge in [-0.2, -0.15) is 0 Å². The fourth-order valence-corrected chi connectivity index (χ4v) is 1.20. The molecule has 0 atom stereocenters. The molecule has 0 amide bonds. The van der Waals surface area contributed by atoms with E-state index in [9.17, 15) is 9.59 Å². The molecule has 4 nitrogen and oxygen atoms in total. The standard InChI is InChI=1S/C12H12O4/c1-8(11(13)14)7-9-3-5-10(6-4-9)12(15)16-2/h3-6H,1,7H2,2H3,(H,13,14). The minimum atomic E-state index is -1.02. The van der Waals surface area contributed by atoms with Crippen molar-refractivity contribution >= 4 is 11.9 Å². The van der Waals surface area contributed by atoms with Crippen LogP contribution in [0.3, 0.4) is 0 Å². The smallest absolute Gasteiger partial charge is 0.337 e. The van der Waals surface area contributed by atoms with E-state index in [0.29, 0.717) is 5.56 Å². The second-order valence-corrected chi connectivity index (χ2v) is 3.27. The van der Waals surface area contributed by atoms with Crippen LogP contribution in [0.4, 0.5) is 0 Å². The van der Waals surface area contributed by atoms with Gasteiger partial charge in [-0.15, -0.1) is 0 Å². The van der Waals surface area contributed by atoms with Crippen molar-refractivity contribution in [3.8, 4) is 0 Å². The molecular weight excluding hydrogens is 208 g/mol. The van der Waals surface area contributed by atoms with Gasteiger partial charge in [-0.25, -0.2) is 9.59 Å². The Kier molecular flexibility index (Phi) is 3.83. The quantitative estimate of drug-likeness (QED) is 0.619. The molecule has 4 heteroatoms. The lowest BCUT2D eigenvalue weighted by Crippen LogP contribution is -2.03. The first-order chi connectivity index (χ1) is 7.54. The minimum Gasteiger partial charge on any atom is -0.478 e. The highest BCUT2D eigenvalue weighted by Crippen LogP contribution is 2.09. The van der Waals surface area contributed by atoms with Gasteiger partial charge in [0.15, 0.2) is 0 Å². The molecule has 0 aromatic heterocycles. The molecule has 0 radical (unpaired) electrons. The molecule has 0 fully saturated rings. The van der Waals surface area contributed by atoms with E-state index >= 15 is 0 Å². The van der Waals surface area contributed by atoms with E-state index in [-0.39, 0.29) is 12.0 Å². The molecule has 0 aliphatic heterocycles. The second kappa shape index (κ2) is 5.11. The SMILES string of the molecule is C=C(Cc1ccc(C(=O)OC)cc1)C(=O)O. The third kappa shape index (κ3) is 2.95. The van der Waals surface area contributed by atoms with Crippen molar-refractivity contribution in [1.29, 1.82) is 0 Å². The van der Waals surface area contributed by atoms with E-state index in [4.69, 9.17) is 5.11 Å². The first kappa shape index (κ1) is 12.0. The summed E-state index contributed by atoms with van der Waals surface area (Å²) >= 11 is 0. The van der Waals surface area contributed by atoms with Gasteiger partial charge in [-0.05, 0) is 17.7 Å². The number of ether oxygens (including phenoxy) is 1. The van der Waals surface area contributed by atoms with Gasteiger partial charge in [0, 0.05) is 12.0 Å². The van der Waals surface area contributed by atoms with Crippen LogP contribution in [0.1, 0.15) is 15.9 Å². The van der Waals surface area contributed by atoms with Gasteiger partial charge in [-0.1, -0.05) is 18.7 Å². The van der Waals surface area contributed by atoms with Gasteiger partial charge in [0.1, 0.15) is 0 Å². The van der Waals surface area contributed by atoms with Crippen LogP contribution in [0.15, 0.2) is 36.4 Å². The fourth-order valence-electron chi connectivity index (χ4n) is 1.20. The maximum Gasteiger partial charge on any atom is 0.337 e. The van der Waals surface area contributed by atoms with Crippen molar-refractivity contribution in [3.05, 3.63) is 47.5 Å². The number of aliphatic carboxylic acids is 1. The molecule has 84 valence electrons. The summed E-state index contributed by atoms with van der Waals surface area (Å²) in [5.41, 5.74) is 1.35. The molecule has 0 heterocycles. The lowest BCUT2D eigenvalue weighted by molar-refractivity contribution is -0.132. The molecule has 1 rings (SSSR count). The predicted octanol–water partition coefficient (Wildman–Crippen LogP) is 1.66. The largest absolute Gasteiger partial charge is 0.478 e. The maximum atomic E-state index is 11.1. The molecule has 1 N–H and O–H groups in total. The summed E-state index contributed by atoms with van der Waals surface area (Å²) in [6.07, 6.45) is 0.261. The van der Waals surface area contributed by atoms with Crippen LogP contribution < -0.4 is 0 Å². The Bertz CT molecular complexity index is 417. The van der Waals surface area contributed by atoms with E-state index < -0.39 is 11.9 Å². The molecule has 0 aliphatic rings. The van der Waals surface area contributed by atoms with Crippen molar-refractivity contribution in [2.45, 2.75) is 6.42 Å². The Balaban J connectivity index is 2.76. The Morgan fingerprint density at radius 3 is 2.31 bits per heavy atom. The first-order valence-corrected chi connectivity index (χ1v) is 4.63. The normalized spacial score (nSPS) is 9.56. The minimum absolute atomic E-state index is 0.116. The van der Waals surface area contributed by atoms with E-state index in [2.05, 4.69) is 11.3 Å². The summed E-state index contributed by atoms with van der Waals surface area (Å²) in [6, 6.07) is 6.55. The van der Waals surface area contributed by atoms with Crippen molar-refractivity contribution < 1.29 is 19.4 Å². The average molecular weight is 220 g/mol. The number of esters is 1. The number of carboxylic acids is 1. The van der Waals surface area contributed by atoms with E-state index in [1.54, 1.807) is 24.3 Å². The second-order valence-electron chi connectivity index (χ2n) is 3.27. The Labute approximate surface area is 93.2 Å². The molecule has 0 saturated heterocycles. The van der Waals surface area contributed by atoms with Gasteiger partial charge in [0.25, 0.3) is 0 Å². The number of methoxy groups -OCH3 is 1. The molecule has 16 heavy (non-hydrogen) atoms. The number of hydrogen-bond donors (Lipinski definition) is 1. The molecule has 0 spiro atoms. The average Bonchev–Trinajstić information content (AvgIpc) is 2.28. The predicted molar refractivity (Wildman–Crippen MR) is 58.3 cm³/mol. The van der Waals surface area contributed by atoms with Gasteiger partial charge in [0.2, 0.25) is 0 Å². The topological polar surface area (TPSA) is 63.6 Å². The zero-order chi connectivity index (χ0) is 12.1. The number of rotatable bonds is 4. The lowest BCUT2D eigenvalue weighted by atomic mass is 10.0. The Morgan fingerprint density at radius 1 is 1.31 bits per heavy atom. The molecule has 0 bridgehead atoms. The summed E-state index contributed by atoms with van der Waals surface area (Å²) in [5.74, 6) is -1.43. The van der Waals surface area contributed by atoms with Crippen molar-refractivity contribution in [2.75, 3.05) is 7.11 Å². The van der Waals surface area contributed by atoms with Crippen LogP contribution in [-0.2, 0) is 16.0 Å². The van der Waals surface area contributed by atoms with Gasteiger partial charge < -0.3 is 9.84 Å². The van der Waals surface area contributed by atoms with Crippen LogP contribution in [0.25, 0.3) is 0 Å². The van der Waals surface area contributed by atoms with E-state index in [0.717, 1.165) is 5.56 Å². The molecular formula is C12H12O4. The number of hydrogen-bond acceptors (Lipinski definition) is 3. The molecule has 0 saturated carbocycles. The number of carboxylic acid groups (broad SMARTS) is 1. The van der Waals surface area contributed by atoms with Gasteiger partial charge >= 0.3 is 11.9 Å². The third-order valence-electron chi connectivity index (χ3n) is 2.09. The van der Waals surface area contributed by atoms with Crippen LogP contribution in [-0.4, -0.2) is 24.2 Å². The van der Waals surface area contributed by atoms with E-state index in [1.807, 2.05) is 0 Å². The number of carbonyl (C=O) groups excluding carboxylic acids is 1. The summed E-state index contributed by atoms with van der Waals surface area (Å²) in [5, 5.41) is 8.65. The summed E-state index contributed by atoms with van der Waals surface area (Å²) < 4.78 is 4.54. The first-order valence-electron chi connectivity index (χ1n) is 4.63. The van der Waals surface area contributed by atoms with Crippen molar-refractivity contribution in [3.63, 3.8) is 0 Å². The van der Waals surface area contributed by atoms with Crippen LogP contribution in [0.5, 0.6) is 0 Å². The van der Waals surface area contributed by atoms with Crippen LogP contribution in [0, 0.1) is 0 Å². The molecule has 1 aromatic rings. The number of benzene rings is 1. The zero-order valence-corrected chi connectivity index (χ0v) is 8.90. The fraction of sp³-hybridized carbons (Fsp3) is 0.167. The van der Waals surface area contributed by atoms with E-state index in [1.165, 1.54) is 7.11 Å². The van der Waals surface area contributed by atoms with Gasteiger partial charge in [-0.3, -0.25) is 0 Å².